The van der Waals surface area contributed by atoms with E-state index in [2.05, 4.69) is 5.32 Å². The maximum absolute atomic E-state index is 12.1. The van der Waals surface area contributed by atoms with E-state index >= 15 is 0 Å². The average Bonchev–Trinajstić information content (AvgIpc) is 2.58. The molecule has 1 saturated carbocycles. The number of hydrogen-bond donors (Lipinski definition) is 1. The Morgan fingerprint density at radius 2 is 1.72 bits per heavy atom. The molecule has 0 aromatic heterocycles. The molecule has 0 bridgehead atoms. The second kappa shape index (κ2) is 5.88. The van der Waals surface area contributed by atoms with E-state index in [1.165, 1.54) is 0 Å². The van der Waals surface area contributed by atoms with Gasteiger partial charge >= 0.3 is 0 Å². The lowest BCUT2D eigenvalue weighted by atomic mass is 10.1. The van der Waals surface area contributed by atoms with Gasteiger partial charge in [0.05, 0.1) is 16.8 Å². The molecule has 1 N–H and O–H groups in total. The third-order valence-electron chi connectivity index (χ3n) is 3.65. The van der Waals surface area contributed by atoms with Crippen molar-refractivity contribution in [3.8, 4) is 0 Å². The fourth-order valence-electron chi connectivity index (χ4n) is 2.60. The van der Waals surface area contributed by atoms with Crippen molar-refractivity contribution < 1.29 is 16.8 Å². The van der Waals surface area contributed by atoms with E-state index in [1.807, 2.05) is 13.8 Å². The quantitative estimate of drug-likeness (QED) is 0.759. The average molecular weight is 297 g/mol. The Labute approximate surface area is 110 Å². The van der Waals surface area contributed by atoms with E-state index in [0.29, 0.717) is 6.42 Å². The van der Waals surface area contributed by atoms with E-state index in [1.54, 1.807) is 0 Å². The number of rotatable bonds is 6. The van der Waals surface area contributed by atoms with Crippen LogP contribution in [0.3, 0.4) is 0 Å². The summed E-state index contributed by atoms with van der Waals surface area (Å²) in [6, 6.07) is 0.230. The van der Waals surface area contributed by atoms with Crippen molar-refractivity contribution in [2.75, 3.05) is 24.3 Å². The predicted molar refractivity (Wildman–Crippen MR) is 73.1 cm³/mol. The van der Waals surface area contributed by atoms with Gasteiger partial charge < -0.3 is 5.32 Å². The number of nitrogens with one attached hydrogen (secondary N) is 1. The fourth-order valence-corrected chi connectivity index (χ4v) is 6.39. The van der Waals surface area contributed by atoms with Crippen molar-refractivity contribution >= 4 is 19.7 Å². The summed E-state index contributed by atoms with van der Waals surface area (Å²) in [6.45, 7) is 4.76. The van der Waals surface area contributed by atoms with E-state index in [9.17, 15) is 16.8 Å². The maximum Gasteiger partial charge on any atom is 0.154 e. The summed E-state index contributed by atoms with van der Waals surface area (Å²) in [5.41, 5.74) is 0. The molecule has 0 aromatic carbocycles. The minimum absolute atomic E-state index is 0.0505. The molecule has 0 saturated heterocycles. The lowest BCUT2D eigenvalue weighted by molar-refractivity contribution is 0.433. The fraction of sp³-hybridized carbons (Fsp3) is 1.00. The minimum atomic E-state index is -3.31. The highest BCUT2D eigenvalue weighted by Gasteiger charge is 2.40. The molecular formula is C11H23NO4S2. The predicted octanol–water partition coefficient (Wildman–Crippen LogP) is 0.222. The van der Waals surface area contributed by atoms with Crippen LogP contribution >= 0.6 is 0 Å². The first kappa shape index (κ1) is 15.9. The smallest absolute Gasteiger partial charge is 0.154 e. The Morgan fingerprint density at radius 1 is 1.11 bits per heavy atom. The second-order valence-corrected chi connectivity index (χ2v) is 9.74. The van der Waals surface area contributed by atoms with Crippen LogP contribution in [0.5, 0.6) is 0 Å². The molecule has 1 rings (SSSR count). The van der Waals surface area contributed by atoms with Gasteiger partial charge in [-0.3, -0.25) is 0 Å². The summed E-state index contributed by atoms with van der Waals surface area (Å²) < 4.78 is 46.4. The van der Waals surface area contributed by atoms with Crippen LogP contribution in [0, 0.1) is 5.92 Å². The Hall–Kier alpha value is -0.140. The minimum Gasteiger partial charge on any atom is -0.314 e. The molecule has 1 aliphatic carbocycles. The molecule has 0 radical (unpaired) electrons. The zero-order chi connectivity index (χ0) is 14.0. The van der Waals surface area contributed by atoms with Crippen LogP contribution < -0.4 is 5.32 Å². The summed E-state index contributed by atoms with van der Waals surface area (Å²) in [5, 5.41) is 2.89. The van der Waals surface area contributed by atoms with Gasteiger partial charge in [-0.1, -0.05) is 13.8 Å². The molecule has 3 atom stereocenters. The molecule has 1 aliphatic rings. The van der Waals surface area contributed by atoms with Crippen LogP contribution in [0.2, 0.25) is 0 Å². The lowest BCUT2D eigenvalue weighted by Gasteiger charge is -2.21. The normalized spacial score (nSPS) is 29.6. The van der Waals surface area contributed by atoms with Gasteiger partial charge in [-0.15, -0.1) is 0 Å². The Balaban J connectivity index is 2.70. The van der Waals surface area contributed by atoms with Crippen LogP contribution in [-0.4, -0.2) is 52.4 Å². The molecule has 0 spiro atoms. The van der Waals surface area contributed by atoms with Gasteiger partial charge in [0.2, 0.25) is 0 Å². The van der Waals surface area contributed by atoms with Gasteiger partial charge in [0.15, 0.2) is 9.84 Å². The zero-order valence-electron chi connectivity index (χ0n) is 11.2. The van der Waals surface area contributed by atoms with Gasteiger partial charge in [0, 0.05) is 12.3 Å². The van der Waals surface area contributed by atoms with Gasteiger partial charge in [-0.05, 0) is 25.3 Å². The number of sulfone groups is 2. The molecule has 3 unspecified atom stereocenters. The molecule has 0 aliphatic heterocycles. The van der Waals surface area contributed by atoms with Crippen LogP contribution in [0.4, 0.5) is 0 Å². The third-order valence-corrected chi connectivity index (χ3v) is 7.21. The lowest BCUT2D eigenvalue weighted by Crippen LogP contribution is -2.37. The van der Waals surface area contributed by atoms with E-state index in [4.69, 9.17) is 0 Å². The molecule has 0 heterocycles. The van der Waals surface area contributed by atoms with Crippen molar-refractivity contribution in [3.63, 3.8) is 0 Å². The highest BCUT2D eigenvalue weighted by molar-refractivity contribution is 7.95. The topological polar surface area (TPSA) is 80.3 Å². The Kier molecular flexibility index (Phi) is 5.20. The maximum atomic E-state index is 12.1. The summed E-state index contributed by atoms with van der Waals surface area (Å²) in [7, 11) is -6.54. The summed E-state index contributed by atoms with van der Waals surface area (Å²) in [5.74, 6) is -0.473. The van der Waals surface area contributed by atoms with Crippen LogP contribution in [0.1, 0.15) is 26.7 Å². The van der Waals surface area contributed by atoms with Crippen molar-refractivity contribution in [3.05, 3.63) is 0 Å². The van der Waals surface area contributed by atoms with Gasteiger partial charge in [0.1, 0.15) is 9.84 Å². The van der Waals surface area contributed by atoms with E-state index in [0.717, 1.165) is 19.2 Å². The largest absolute Gasteiger partial charge is 0.314 e. The monoisotopic (exact) mass is 297 g/mol. The van der Waals surface area contributed by atoms with Gasteiger partial charge in [-0.2, -0.15) is 0 Å². The molecule has 0 amide bonds. The molecule has 18 heavy (non-hydrogen) atoms. The molecular weight excluding hydrogens is 274 g/mol. The first-order valence-corrected chi connectivity index (χ1v) is 10.1. The van der Waals surface area contributed by atoms with Crippen LogP contribution in [0.25, 0.3) is 0 Å². The van der Waals surface area contributed by atoms with Crippen molar-refractivity contribution in [2.24, 2.45) is 5.92 Å². The SMILES string of the molecule is CCNC1CCC(S(=O)(=O)CCS(C)(=O)=O)C1C. The summed E-state index contributed by atoms with van der Waals surface area (Å²) in [6.07, 6.45) is 2.55. The first-order chi connectivity index (χ1) is 8.17. The molecule has 1 fully saturated rings. The summed E-state index contributed by atoms with van der Waals surface area (Å²) in [4.78, 5) is 0. The Morgan fingerprint density at radius 3 is 2.22 bits per heavy atom. The highest BCUT2D eigenvalue weighted by Crippen LogP contribution is 2.31. The van der Waals surface area contributed by atoms with Gasteiger partial charge in [-0.25, -0.2) is 16.8 Å². The highest BCUT2D eigenvalue weighted by atomic mass is 32.2. The van der Waals surface area contributed by atoms with E-state index < -0.39 is 24.9 Å². The number of hydrogen-bond acceptors (Lipinski definition) is 5. The third kappa shape index (κ3) is 4.20. The molecule has 0 aromatic rings. The van der Waals surface area contributed by atoms with Crippen molar-refractivity contribution in [1.29, 1.82) is 0 Å². The molecule has 7 heteroatoms. The van der Waals surface area contributed by atoms with Crippen LogP contribution in [0.15, 0.2) is 0 Å². The standard InChI is InChI=1S/C11H23NO4S2/c1-4-12-10-5-6-11(9(10)2)18(15,16)8-7-17(3,13)14/h9-12H,4-8H2,1-3H3. The van der Waals surface area contributed by atoms with Gasteiger partial charge in [0.25, 0.3) is 0 Å². The molecule has 5 nitrogen and oxygen atoms in total. The second-order valence-electron chi connectivity index (χ2n) is 5.14. The van der Waals surface area contributed by atoms with Crippen LogP contribution in [-0.2, 0) is 19.7 Å². The Bertz CT molecular complexity index is 469. The molecule has 108 valence electrons. The zero-order valence-corrected chi connectivity index (χ0v) is 12.9. The van der Waals surface area contributed by atoms with Crippen molar-refractivity contribution in [2.45, 2.75) is 38.0 Å². The first-order valence-electron chi connectivity index (χ1n) is 6.30. The summed E-state index contributed by atoms with van der Waals surface area (Å²) >= 11 is 0. The van der Waals surface area contributed by atoms with Crippen molar-refractivity contribution in [1.82, 2.24) is 5.32 Å². The van der Waals surface area contributed by atoms with E-state index in [-0.39, 0.29) is 23.5 Å².